The lowest BCUT2D eigenvalue weighted by atomic mass is 9.96. The largest absolute Gasteiger partial charge is 0.482 e. The topological polar surface area (TPSA) is 96.7 Å². The Labute approximate surface area is 197 Å². The molecule has 5 rings (SSSR count). The number of fused-ring (bicyclic) bond motifs is 7. The van der Waals surface area contributed by atoms with E-state index in [0.717, 1.165) is 4.68 Å². The van der Waals surface area contributed by atoms with E-state index >= 15 is 0 Å². The zero-order chi connectivity index (χ0) is 24.1. The number of benzene rings is 1. The Hall–Kier alpha value is -3.60. The first kappa shape index (κ1) is 22.2. The molecule has 1 aromatic carbocycles. The van der Waals surface area contributed by atoms with Crippen LogP contribution in [0.15, 0.2) is 30.5 Å². The molecule has 0 fully saturated rings. The van der Waals surface area contributed by atoms with Gasteiger partial charge < -0.3 is 10.5 Å². The van der Waals surface area contributed by atoms with E-state index < -0.39 is 24.9 Å². The van der Waals surface area contributed by atoms with Gasteiger partial charge in [0.2, 0.25) is 0 Å². The van der Waals surface area contributed by atoms with Crippen LogP contribution >= 0.6 is 11.6 Å². The van der Waals surface area contributed by atoms with E-state index in [4.69, 9.17) is 22.1 Å². The summed E-state index contributed by atoms with van der Waals surface area (Å²) in [7, 11) is 1.66. The van der Waals surface area contributed by atoms with Crippen molar-refractivity contribution in [1.29, 1.82) is 0 Å². The Kier molecular flexibility index (Phi) is 5.43. The average Bonchev–Trinajstić information content (AvgIpc) is 3.27. The number of halogens is 4. The molecular formula is C22H19ClF3N7O. The van der Waals surface area contributed by atoms with Gasteiger partial charge in [-0.1, -0.05) is 11.6 Å². The number of nitrogen functional groups attached to an aromatic ring is 1. The van der Waals surface area contributed by atoms with Crippen molar-refractivity contribution in [2.45, 2.75) is 32.4 Å². The van der Waals surface area contributed by atoms with E-state index in [1.54, 1.807) is 26.1 Å². The monoisotopic (exact) mass is 489 g/mol. The molecule has 12 heteroatoms. The normalized spacial score (nSPS) is 15.1. The molecule has 4 heterocycles. The number of hydrogen-bond acceptors (Lipinski definition) is 6. The van der Waals surface area contributed by atoms with Crippen molar-refractivity contribution in [3.05, 3.63) is 58.3 Å². The number of aryl methyl sites for hydroxylation is 1. The van der Waals surface area contributed by atoms with Crippen LogP contribution in [-0.4, -0.2) is 36.2 Å². The SMILES string of the molecule is CC1Oc2cc(cnc2N)-c2c(c(Cl)nn2CC(F)F)Cc2nn(C)nc2-c2ccc(F)cc21. The number of pyridine rings is 1. The van der Waals surface area contributed by atoms with Crippen LogP contribution in [0.5, 0.6) is 5.75 Å². The van der Waals surface area contributed by atoms with Gasteiger partial charge in [-0.15, -0.1) is 0 Å². The van der Waals surface area contributed by atoms with Crippen molar-refractivity contribution in [3.63, 3.8) is 0 Å². The van der Waals surface area contributed by atoms with E-state index in [2.05, 4.69) is 20.3 Å². The van der Waals surface area contributed by atoms with Gasteiger partial charge >= 0.3 is 0 Å². The number of aromatic nitrogens is 6. The molecule has 0 spiro atoms. The van der Waals surface area contributed by atoms with Crippen LogP contribution in [0.2, 0.25) is 5.15 Å². The zero-order valence-corrected chi connectivity index (χ0v) is 18.9. The summed E-state index contributed by atoms with van der Waals surface area (Å²) in [4.78, 5) is 5.58. The summed E-state index contributed by atoms with van der Waals surface area (Å²) in [6, 6.07) is 5.89. The molecule has 1 aliphatic heterocycles. The summed E-state index contributed by atoms with van der Waals surface area (Å²) in [6.45, 7) is 1.08. The lowest BCUT2D eigenvalue weighted by molar-refractivity contribution is 0.122. The predicted octanol–water partition coefficient (Wildman–Crippen LogP) is 4.42. The van der Waals surface area contributed by atoms with Crippen LogP contribution in [0.25, 0.3) is 22.5 Å². The average molecular weight is 490 g/mol. The second-order valence-corrected chi connectivity index (χ2v) is 8.31. The van der Waals surface area contributed by atoms with Gasteiger partial charge in [-0.2, -0.15) is 20.1 Å². The van der Waals surface area contributed by atoms with Crippen LogP contribution < -0.4 is 10.5 Å². The third kappa shape index (κ3) is 3.85. The molecule has 0 radical (unpaired) electrons. The highest BCUT2D eigenvalue weighted by atomic mass is 35.5. The molecule has 34 heavy (non-hydrogen) atoms. The van der Waals surface area contributed by atoms with Gasteiger partial charge in [0.15, 0.2) is 16.7 Å². The second kappa shape index (κ2) is 8.32. The summed E-state index contributed by atoms with van der Waals surface area (Å²) in [5.41, 5.74) is 9.47. The van der Waals surface area contributed by atoms with Crippen molar-refractivity contribution >= 4 is 17.4 Å². The highest BCUT2D eigenvalue weighted by molar-refractivity contribution is 6.30. The van der Waals surface area contributed by atoms with E-state index in [1.165, 1.54) is 23.1 Å². The summed E-state index contributed by atoms with van der Waals surface area (Å²) < 4.78 is 48.2. The van der Waals surface area contributed by atoms with Crippen LogP contribution in [-0.2, 0) is 20.0 Å². The Morgan fingerprint density at radius 1 is 1.24 bits per heavy atom. The first-order chi connectivity index (χ1) is 16.2. The van der Waals surface area contributed by atoms with Gasteiger partial charge in [-0.25, -0.2) is 18.2 Å². The fraction of sp³-hybridized carbons (Fsp3) is 0.273. The number of hydrogen-bond donors (Lipinski definition) is 1. The molecule has 4 aromatic rings. The number of anilines is 1. The third-order valence-electron chi connectivity index (χ3n) is 5.61. The fourth-order valence-electron chi connectivity index (χ4n) is 4.17. The minimum atomic E-state index is -2.66. The minimum absolute atomic E-state index is 0.0521. The molecule has 3 aromatic heterocycles. The molecular weight excluding hydrogens is 471 g/mol. The van der Waals surface area contributed by atoms with Crippen LogP contribution in [0.3, 0.4) is 0 Å². The van der Waals surface area contributed by atoms with Crippen LogP contribution in [0.4, 0.5) is 19.0 Å². The fourth-order valence-corrected chi connectivity index (χ4v) is 4.42. The molecule has 1 aliphatic rings. The quantitative estimate of drug-likeness (QED) is 0.447. The minimum Gasteiger partial charge on any atom is -0.482 e. The van der Waals surface area contributed by atoms with Gasteiger partial charge in [-0.3, -0.25) is 4.68 Å². The van der Waals surface area contributed by atoms with Gasteiger partial charge in [0.1, 0.15) is 24.2 Å². The van der Waals surface area contributed by atoms with Crippen molar-refractivity contribution in [2.75, 3.05) is 5.73 Å². The van der Waals surface area contributed by atoms with Crippen molar-refractivity contribution in [1.82, 2.24) is 29.8 Å². The zero-order valence-electron chi connectivity index (χ0n) is 18.1. The van der Waals surface area contributed by atoms with Crippen LogP contribution in [0.1, 0.15) is 29.8 Å². The van der Waals surface area contributed by atoms with Gasteiger partial charge in [0.25, 0.3) is 6.43 Å². The number of alkyl halides is 2. The standard InChI is InChI=1S/C22H19ClF3N7O/c1-10-14-6-12(24)3-4-13(14)19-16(29-32(2)30-19)7-15-20(33(9-18(25)26)31-21(15)23)11-5-17(34-10)22(27)28-8-11/h3-6,8,10,18H,7,9H2,1-2H3,(H2,27,28). The molecule has 0 saturated carbocycles. The first-order valence-corrected chi connectivity index (χ1v) is 10.7. The lowest BCUT2D eigenvalue weighted by Crippen LogP contribution is -2.12. The van der Waals surface area contributed by atoms with E-state index in [1.807, 2.05) is 0 Å². The maximum absolute atomic E-state index is 14.2. The number of nitrogens with two attached hydrogens (primary N) is 1. The molecule has 1 atom stereocenters. The summed E-state index contributed by atoms with van der Waals surface area (Å²) >= 11 is 6.44. The highest BCUT2D eigenvalue weighted by Gasteiger charge is 2.27. The van der Waals surface area contributed by atoms with E-state index in [-0.39, 0.29) is 23.1 Å². The molecule has 0 saturated heterocycles. The maximum Gasteiger partial charge on any atom is 0.257 e. The Bertz CT molecular complexity index is 1400. The molecule has 1 unspecified atom stereocenters. The van der Waals surface area contributed by atoms with Crippen molar-refractivity contribution < 1.29 is 17.9 Å². The van der Waals surface area contributed by atoms with Gasteiger partial charge in [0, 0.05) is 41.9 Å². The van der Waals surface area contributed by atoms with Crippen molar-refractivity contribution in [2.24, 2.45) is 7.05 Å². The van der Waals surface area contributed by atoms with Crippen molar-refractivity contribution in [3.8, 4) is 28.3 Å². The highest BCUT2D eigenvalue weighted by Crippen LogP contribution is 2.39. The molecule has 2 N–H and O–H groups in total. The Morgan fingerprint density at radius 3 is 2.79 bits per heavy atom. The Morgan fingerprint density at radius 2 is 2.03 bits per heavy atom. The lowest BCUT2D eigenvalue weighted by Gasteiger charge is -2.20. The molecule has 176 valence electrons. The second-order valence-electron chi connectivity index (χ2n) is 7.95. The van der Waals surface area contributed by atoms with Gasteiger partial charge in [0.05, 0.1) is 11.4 Å². The Balaban J connectivity index is 1.81. The van der Waals surface area contributed by atoms with E-state index in [9.17, 15) is 13.2 Å². The molecule has 8 nitrogen and oxygen atoms in total. The smallest absolute Gasteiger partial charge is 0.257 e. The van der Waals surface area contributed by atoms with Crippen LogP contribution in [0, 0.1) is 5.82 Å². The number of rotatable bonds is 2. The number of nitrogens with zero attached hydrogens (tertiary/aromatic N) is 6. The number of ether oxygens (including phenoxy) is 1. The summed E-state index contributed by atoms with van der Waals surface area (Å²) in [5.74, 6) is -0.129. The maximum atomic E-state index is 14.2. The van der Waals surface area contributed by atoms with Gasteiger partial charge in [-0.05, 0) is 31.2 Å². The summed E-state index contributed by atoms with van der Waals surface area (Å²) in [6.07, 6.45) is -1.71. The third-order valence-corrected chi connectivity index (χ3v) is 5.91. The van der Waals surface area contributed by atoms with E-state index in [0.29, 0.717) is 39.3 Å². The summed E-state index contributed by atoms with van der Waals surface area (Å²) in [5, 5.41) is 13.2. The molecule has 0 amide bonds. The molecule has 0 aliphatic carbocycles. The molecule has 2 bridgehead atoms. The first-order valence-electron chi connectivity index (χ1n) is 10.4. The predicted molar refractivity (Wildman–Crippen MR) is 119 cm³/mol.